The SMILES string of the molecule is CCCOc1ccc(N2C(=O)C[C@@H]([NH2+]CC(=O)OC)C2=O)cc1. The molecule has 1 aliphatic heterocycles. The lowest BCUT2D eigenvalue weighted by Crippen LogP contribution is -2.93. The lowest BCUT2D eigenvalue weighted by molar-refractivity contribution is -0.665. The van der Waals surface area contributed by atoms with Crippen LogP contribution in [0.4, 0.5) is 5.69 Å². The Bertz CT molecular complexity index is 585. The number of quaternary nitrogens is 1. The molecule has 0 spiro atoms. The minimum Gasteiger partial charge on any atom is -0.494 e. The summed E-state index contributed by atoms with van der Waals surface area (Å²) in [7, 11) is 1.28. The maximum absolute atomic E-state index is 12.4. The number of ether oxygens (including phenoxy) is 2. The lowest BCUT2D eigenvalue weighted by Gasteiger charge is -2.14. The first kappa shape index (κ1) is 17.0. The minimum atomic E-state index is -0.586. The van der Waals surface area contributed by atoms with E-state index < -0.39 is 12.0 Å². The Morgan fingerprint density at radius 3 is 2.61 bits per heavy atom. The second kappa shape index (κ2) is 7.73. The molecule has 1 aromatic rings. The topological polar surface area (TPSA) is 89.5 Å². The van der Waals surface area contributed by atoms with Crippen LogP contribution in [-0.4, -0.2) is 44.1 Å². The number of carbonyl (C=O) groups is 3. The lowest BCUT2D eigenvalue weighted by atomic mass is 10.2. The standard InChI is InChI=1S/C16H20N2O5/c1-3-8-23-12-6-4-11(5-7-12)18-14(19)9-13(16(18)21)17-10-15(20)22-2/h4-7,13,17H,3,8-10H2,1-2H3/p+1/t13-/m1/s1. The second-order valence-electron chi connectivity index (χ2n) is 5.24. The zero-order chi connectivity index (χ0) is 16.8. The third-order valence-corrected chi connectivity index (χ3v) is 3.55. The van der Waals surface area contributed by atoms with Crippen LogP contribution >= 0.6 is 0 Å². The molecule has 0 radical (unpaired) electrons. The summed E-state index contributed by atoms with van der Waals surface area (Å²) in [4.78, 5) is 36.8. The van der Waals surface area contributed by atoms with E-state index in [1.165, 1.54) is 12.4 Å². The molecule has 1 fully saturated rings. The molecule has 7 heteroatoms. The van der Waals surface area contributed by atoms with Gasteiger partial charge in [-0.05, 0) is 30.7 Å². The van der Waals surface area contributed by atoms with Crippen LogP contribution in [0, 0.1) is 0 Å². The fourth-order valence-electron chi connectivity index (χ4n) is 2.34. The van der Waals surface area contributed by atoms with Gasteiger partial charge in [0.2, 0.25) is 5.91 Å². The van der Waals surface area contributed by atoms with Crippen molar-refractivity contribution in [3.8, 4) is 5.75 Å². The number of nitrogens with two attached hydrogens (primary N) is 1. The Morgan fingerprint density at radius 2 is 2.00 bits per heavy atom. The van der Waals surface area contributed by atoms with E-state index in [4.69, 9.17) is 4.74 Å². The van der Waals surface area contributed by atoms with E-state index in [0.717, 1.165) is 11.3 Å². The number of hydrogen-bond acceptors (Lipinski definition) is 5. The number of benzene rings is 1. The first-order valence-electron chi connectivity index (χ1n) is 7.56. The summed E-state index contributed by atoms with van der Waals surface area (Å²) in [5, 5.41) is 1.53. The number of rotatable bonds is 7. The molecule has 2 N–H and O–H groups in total. The van der Waals surface area contributed by atoms with Gasteiger partial charge in [0.05, 0.1) is 25.8 Å². The predicted molar refractivity (Wildman–Crippen MR) is 81.9 cm³/mol. The Hall–Kier alpha value is -2.41. The Morgan fingerprint density at radius 1 is 1.30 bits per heavy atom. The molecule has 2 amide bonds. The molecular formula is C16H21N2O5+. The third kappa shape index (κ3) is 4.07. The first-order valence-corrected chi connectivity index (χ1v) is 7.56. The monoisotopic (exact) mass is 321 g/mol. The number of nitrogens with zero attached hydrogens (tertiary/aromatic N) is 1. The van der Waals surface area contributed by atoms with Crippen molar-refractivity contribution in [1.82, 2.24) is 0 Å². The van der Waals surface area contributed by atoms with Crippen LogP contribution in [0.3, 0.4) is 0 Å². The van der Waals surface area contributed by atoms with Crippen molar-refractivity contribution in [2.24, 2.45) is 0 Å². The van der Waals surface area contributed by atoms with Crippen molar-refractivity contribution < 1.29 is 29.2 Å². The van der Waals surface area contributed by atoms with Gasteiger partial charge in [-0.15, -0.1) is 0 Å². The average molecular weight is 321 g/mol. The largest absolute Gasteiger partial charge is 0.494 e. The fourth-order valence-corrected chi connectivity index (χ4v) is 2.34. The smallest absolute Gasteiger partial charge is 0.361 e. The van der Waals surface area contributed by atoms with Crippen molar-refractivity contribution in [2.45, 2.75) is 25.8 Å². The van der Waals surface area contributed by atoms with E-state index in [0.29, 0.717) is 18.0 Å². The summed E-state index contributed by atoms with van der Waals surface area (Å²) in [5.41, 5.74) is 0.512. The number of amides is 2. The van der Waals surface area contributed by atoms with Gasteiger partial charge in [0.1, 0.15) is 5.75 Å². The van der Waals surface area contributed by atoms with Gasteiger partial charge in [-0.3, -0.25) is 9.59 Å². The fraction of sp³-hybridized carbons (Fsp3) is 0.438. The van der Waals surface area contributed by atoms with Crippen LogP contribution in [0.5, 0.6) is 5.75 Å². The maximum Gasteiger partial charge on any atom is 0.361 e. The van der Waals surface area contributed by atoms with E-state index in [9.17, 15) is 14.4 Å². The zero-order valence-electron chi connectivity index (χ0n) is 13.3. The van der Waals surface area contributed by atoms with E-state index in [1.807, 2.05) is 6.92 Å². The van der Waals surface area contributed by atoms with Crippen molar-refractivity contribution in [3.05, 3.63) is 24.3 Å². The molecule has 1 saturated heterocycles. The van der Waals surface area contributed by atoms with E-state index in [-0.39, 0.29) is 24.8 Å². The molecule has 0 unspecified atom stereocenters. The van der Waals surface area contributed by atoms with E-state index in [2.05, 4.69) is 4.74 Å². The van der Waals surface area contributed by atoms with Crippen LogP contribution in [0.1, 0.15) is 19.8 Å². The zero-order valence-corrected chi connectivity index (χ0v) is 13.3. The highest BCUT2D eigenvalue weighted by atomic mass is 16.5. The first-order chi connectivity index (χ1) is 11.1. The molecule has 1 aromatic carbocycles. The number of anilines is 1. The molecule has 0 bridgehead atoms. The van der Waals surface area contributed by atoms with Crippen molar-refractivity contribution in [3.63, 3.8) is 0 Å². The molecule has 0 aliphatic carbocycles. The minimum absolute atomic E-state index is 0.0117. The van der Waals surface area contributed by atoms with Crippen LogP contribution in [0.15, 0.2) is 24.3 Å². The van der Waals surface area contributed by atoms with Crippen LogP contribution in [-0.2, 0) is 19.1 Å². The summed E-state index contributed by atoms with van der Waals surface area (Å²) in [6, 6.07) is 6.25. The molecule has 7 nitrogen and oxygen atoms in total. The number of carbonyl (C=O) groups excluding carboxylic acids is 3. The van der Waals surface area contributed by atoms with Gasteiger partial charge in [-0.1, -0.05) is 6.92 Å². The van der Waals surface area contributed by atoms with Crippen molar-refractivity contribution in [2.75, 3.05) is 25.2 Å². The molecule has 0 saturated carbocycles. The summed E-state index contributed by atoms with van der Waals surface area (Å²) in [6.07, 6.45) is 0.979. The van der Waals surface area contributed by atoms with Gasteiger partial charge in [0.15, 0.2) is 12.6 Å². The summed E-state index contributed by atoms with van der Waals surface area (Å²) < 4.78 is 10.0. The van der Waals surface area contributed by atoms with Gasteiger partial charge in [0, 0.05) is 0 Å². The molecular weight excluding hydrogens is 300 g/mol. The van der Waals surface area contributed by atoms with Gasteiger partial charge in [-0.2, -0.15) is 0 Å². The Labute approximate surface area is 134 Å². The van der Waals surface area contributed by atoms with Crippen molar-refractivity contribution >= 4 is 23.5 Å². The van der Waals surface area contributed by atoms with Crippen LogP contribution in [0.25, 0.3) is 0 Å². The van der Waals surface area contributed by atoms with Gasteiger partial charge in [0.25, 0.3) is 5.91 Å². The Balaban J connectivity index is 2.03. The Kier molecular flexibility index (Phi) is 5.70. The maximum atomic E-state index is 12.4. The highest BCUT2D eigenvalue weighted by molar-refractivity contribution is 6.21. The van der Waals surface area contributed by atoms with E-state index >= 15 is 0 Å². The predicted octanol–water partition coefficient (Wildman–Crippen LogP) is -0.156. The quantitative estimate of drug-likeness (QED) is 0.557. The molecule has 23 heavy (non-hydrogen) atoms. The number of esters is 1. The summed E-state index contributed by atoms with van der Waals surface area (Å²) in [6.45, 7) is 2.64. The number of imide groups is 1. The third-order valence-electron chi connectivity index (χ3n) is 3.55. The normalized spacial score (nSPS) is 17.5. The molecule has 124 valence electrons. The van der Waals surface area contributed by atoms with Crippen molar-refractivity contribution in [1.29, 1.82) is 0 Å². The van der Waals surface area contributed by atoms with Gasteiger partial charge >= 0.3 is 5.97 Å². The van der Waals surface area contributed by atoms with Gasteiger partial charge in [-0.25, -0.2) is 9.69 Å². The highest BCUT2D eigenvalue weighted by Gasteiger charge is 2.42. The van der Waals surface area contributed by atoms with Crippen LogP contribution < -0.4 is 15.0 Å². The molecule has 1 atom stereocenters. The molecule has 2 rings (SSSR count). The summed E-state index contributed by atoms with van der Waals surface area (Å²) >= 11 is 0. The number of methoxy groups -OCH3 is 1. The molecule has 1 aliphatic rings. The summed E-state index contributed by atoms with van der Waals surface area (Å²) in [5.74, 6) is -0.325. The average Bonchev–Trinajstić information content (AvgIpc) is 2.85. The second-order valence-corrected chi connectivity index (χ2v) is 5.24. The molecule has 0 aromatic heterocycles. The van der Waals surface area contributed by atoms with E-state index in [1.54, 1.807) is 24.3 Å². The van der Waals surface area contributed by atoms with Gasteiger partial charge < -0.3 is 14.8 Å². The highest BCUT2D eigenvalue weighted by Crippen LogP contribution is 2.24. The number of hydrogen-bond donors (Lipinski definition) is 1. The molecule has 1 heterocycles. The van der Waals surface area contributed by atoms with Crippen LogP contribution in [0.2, 0.25) is 0 Å².